The largest absolute Gasteiger partial charge is 0.469 e. The Kier molecular flexibility index (Phi) is 12.0. The van der Waals surface area contributed by atoms with Gasteiger partial charge in [-0.15, -0.1) is 0 Å². The number of amides is 1. The average molecular weight is 568 g/mol. The lowest BCUT2D eigenvalue weighted by Gasteiger charge is -2.26. The van der Waals surface area contributed by atoms with Crippen molar-refractivity contribution in [1.29, 1.82) is 0 Å². The molecule has 3 rings (SSSR count). The number of para-hydroxylation sites is 3. The van der Waals surface area contributed by atoms with Crippen LogP contribution in [0.25, 0.3) is 10.9 Å². The number of fused-ring (bicyclic) bond motifs is 1. The number of nitrogens with one attached hydrogen (secondary N) is 2. The number of esters is 1. The smallest absolute Gasteiger partial charge is 0.310 e. The van der Waals surface area contributed by atoms with Crippen LogP contribution in [0.4, 0.5) is 11.4 Å². The molecule has 1 heterocycles. The number of nitro benzene ring substituents is 1. The molecule has 0 saturated heterocycles. The van der Waals surface area contributed by atoms with Crippen molar-refractivity contribution >= 4 is 39.9 Å². The number of rotatable bonds is 12. The number of H-pyrrole nitrogens is 1. The number of carbonyl (C=O) groups excluding carboxylic acids is 3. The first-order valence-corrected chi connectivity index (χ1v) is 13.5. The number of nitrogens with two attached hydrogens (primary N) is 1. The third kappa shape index (κ3) is 9.42. The fourth-order valence-electron chi connectivity index (χ4n) is 4.23. The third-order valence-corrected chi connectivity index (χ3v) is 6.49. The molecule has 222 valence electrons. The quantitative estimate of drug-likeness (QED) is 0.167. The second kappa shape index (κ2) is 14.9. The molecule has 0 aliphatic heterocycles. The number of Topliss-reactive ketones (excluding diaryl/α,β-unsaturated/α-hetero) is 1. The zero-order valence-electron chi connectivity index (χ0n) is 24.6. The number of hydrogen-bond donors (Lipinski definition) is 3. The number of aromatic nitrogens is 1. The fraction of sp³-hybridized carbons (Fsp3) is 0.433. The van der Waals surface area contributed by atoms with Crippen LogP contribution in [0.15, 0.2) is 54.7 Å². The summed E-state index contributed by atoms with van der Waals surface area (Å²) < 4.78 is 4.71. The van der Waals surface area contributed by atoms with Crippen LogP contribution in [0, 0.1) is 16.0 Å². The number of aromatic amines is 1. The number of benzene rings is 2. The third-order valence-electron chi connectivity index (χ3n) is 6.49. The molecule has 1 aromatic heterocycles. The monoisotopic (exact) mass is 567 g/mol. The molecule has 2 aromatic carbocycles. The molecule has 1 unspecified atom stereocenters. The van der Waals surface area contributed by atoms with E-state index in [9.17, 15) is 24.5 Å². The molecule has 0 aliphatic rings. The Morgan fingerprint density at radius 1 is 1.15 bits per heavy atom. The number of ketones is 1. The summed E-state index contributed by atoms with van der Waals surface area (Å²) in [6, 6.07) is 13.9. The maximum atomic E-state index is 12.0. The van der Waals surface area contributed by atoms with Crippen LogP contribution in [0.3, 0.4) is 0 Å². The van der Waals surface area contributed by atoms with Crippen LogP contribution in [0.1, 0.15) is 46.6 Å². The summed E-state index contributed by atoms with van der Waals surface area (Å²) in [5, 5.41) is 14.9. The van der Waals surface area contributed by atoms with Crippen molar-refractivity contribution in [2.75, 3.05) is 25.1 Å². The normalized spacial score (nSPS) is 12.5. The molecular formula is C30H41N5O6. The summed E-state index contributed by atoms with van der Waals surface area (Å²) in [7, 11) is 1.34. The number of ether oxygens (including phenoxy) is 1. The van der Waals surface area contributed by atoms with Crippen molar-refractivity contribution < 1.29 is 24.0 Å². The van der Waals surface area contributed by atoms with Crippen LogP contribution < -0.4 is 16.0 Å². The van der Waals surface area contributed by atoms with Gasteiger partial charge in [-0.05, 0) is 44.9 Å². The molecule has 0 fully saturated rings. The van der Waals surface area contributed by atoms with Gasteiger partial charge in [-0.1, -0.05) is 44.2 Å². The van der Waals surface area contributed by atoms with Crippen LogP contribution in [0.2, 0.25) is 0 Å². The van der Waals surface area contributed by atoms with Gasteiger partial charge in [-0.25, -0.2) is 0 Å². The lowest BCUT2D eigenvalue weighted by Crippen LogP contribution is -2.54. The van der Waals surface area contributed by atoms with Crippen LogP contribution in [-0.2, 0) is 25.5 Å². The van der Waals surface area contributed by atoms with Crippen molar-refractivity contribution in [3.05, 3.63) is 70.4 Å². The molecule has 3 aromatic rings. The Hall–Kier alpha value is -4.25. The highest BCUT2D eigenvalue weighted by molar-refractivity contribution is 5.92. The topological polar surface area (TPSA) is 161 Å². The summed E-state index contributed by atoms with van der Waals surface area (Å²) >= 11 is 0. The lowest BCUT2D eigenvalue weighted by molar-refractivity contribution is -0.384. The van der Waals surface area contributed by atoms with Gasteiger partial charge in [0.25, 0.3) is 5.69 Å². The van der Waals surface area contributed by atoms with Gasteiger partial charge in [0.1, 0.15) is 5.69 Å². The molecule has 0 spiro atoms. The minimum Gasteiger partial charge on any atom is -0.469 e. The van der Waals surface area contributed by atoms with Crippen molar-refractivity contribution in [3.8, 4) is 0 Å². The summed E-state index contributed by atoms with van der Waals surface area (Å²) in [6.45, 7) is 9.49. The molecule has 0 bridgehead atoms. The number of anilines is 1. The standard InChI is InChI=1S/C16H21N3O2.C14H20N2O4/c1-10(20)14(19-15(21)16(2,3)17)8-11-9-18-13-7-5-4-6-12(11)13;1-4-9-15(10-11(2)14(17)20-3)12-7-5-6-8-13(12)16(18)19/h4-7,9,14,18H,8,17H2,1-3H3,(H,19,21);5-8,11H,4,9-10H2,1-3H3/t14-;/m1./s1. The van der Waals surface area contributed by atoms with E-state index in [1.54, 1.807) is 39.0 Å². The summed E-state index contributed by atoms with van der Waals surface area (Å²) in [5.74, 6) is -1.07. The van der Waals surface area contributed by atoms with Gasteiger partial charge < -0.3 is 25.7 Å². The Balaban J connectivity index is 0.000000287. The molecule has 41 heavy (non-hydrogen) atoms. The van der Waals surface area contributed by atoms with Crippen molar-refractivity contribution in [3.63, 3.8) is 0 Å². The molecule has 0 radical (unpaired) electrons. The molecule has 4 N–H and O–H groups in total. The first-order chi connectivity index (χ1) is 19.3. The summed E-state index contributed by atoms with van der Waals surface area (Å²) in [5.41, 5.74) is 7.36. The Morgan fingerprint density at radius 2 is 1.78 bits per heavy atom. The van der Waals surface area contributed by atoms with E-state index in [1.807, 2.05) is 42.3 Å². The molecule has 0 saturated carbocycles. The zero-order chi connectivity index (χ0) is 30.7. The van der Waals surface area contributed by atoms with E-state index in [4.69, 9.17) is 10.5 Å². The maximum Gasteiger partial charge on any atom is 0.310 e. The number of nitro groups is 1. The molecule has 2 atom stereocenters. The van der Waals surface area contributed by atoms with Crippen LogP contribution in [-0.4, -0.2) is 59.3 Å². The van der Waals surface area contributed by atoms with E-state index >= 15 is 0 Å². The van der Waals surface area contributed by atoms with Gasteiger partial charge in [-0.2, -0.15) is 0 Å². The van der Waals surface area contributed by atoms with Crippen molar-refractivity contribution in [2.45, 2.75) is 59.0 Å². The lowest BCUT2D eigenvalue weighted by atomic mass is 10.00. The molecule has 1 amide bonds. The van der Waals surface area contributed by atoms with E-state index in [-0.39, 0.29) is 29.3 Å². The second-order valence-electron chi connectivity index (χ2n) is 10.5. The fourth-order valence-corrected chi connectivity index (χ4v) is 4.23. The Morgan fingerprint density at radius 3 is 2.37 bits per heavy atom. The van der Waals surface area contributed by atoms with E-state index in [1.165, 1.54) is 20.1 Å². The van der Waals surface area contributed by atoms with Gasteiger partial charge in [0.05, 0.1) is 29.5 Å². The van der Waals surface area contributed by atoms with Crippen molar-refractivity contribution in [1.82, 2.24) is 10.3 Å². The minimum absolute atomic E-state index is 0.0537. The second-order valence-corrected chi connectivity index (χ2v) is 10.5. The van der Waals surface area contributed by atoms with E-state index in [0.29, 0.717) is 25.2 Å². The van der Waals surface area contributed by atoms with E-state index in [2.05, 4.69) is 10.3 Å². The minimum atomic E-state index is -1.01. The zero-order valence-corrected chi connectivity index (χ0v) is 24.6. The number of methoxy groups -OCH3 is 1. The molecule has 11 nitrogen and oxygen atoms in total. The summed E-state index contributed by atoms with van der Waals surface area (Å²) in [6.07, 6.45) is 3.15. The van der Waals surface area contributed by atoms with Gasteiger partial charge in [0.2, 0.25) is 5.91 Å². The highest BCUT2D eigenvalue weighted by atomic mass is 16.6. The molecular weight excluding hydrogens is 526 g/mol. The van der Waals surface area contributed by atoms with Crippen LogP contribution >= 0.6 is 0 Å². The predicted molar refractivity (Wildman–Crippen MR) is 160 cm³/mol. The SMILES string of the molecule is CC(=O)[C@@H](Cc1c[nH]c2ccccc12)NC(=O)C(C)(C)N.CCCN(CC(C)C(=O)OC)c1ccccc1[N+](=O)[O-]. The van der Waals surface area contributed by atoms with E-state index < -0.39 is 16.5 Å². The highest BCUT2D eigenvalue weighted by Crippen LogP contribution is 2.28. The number of hydrogen-bond acceptors (Lipinski definition) is 8. The Bertz CT molecular complexity index is 1350. The first-order valence-electron chi connectivity index (χ1n) is 13.5. The predicted octanol–water partition coefficient (Wildman–Crippen LogP) is 4.14. The number of carbonyl (C=O) groups is 3. The van der Waals surface area contributed by atoms with Gasteiger partial charge in [0.15, 0.2) is 5.78 Å². The van der Waals surface area contributed by atoms with Crippen LogP contribution in [0.5, 0.6) is 0 Å². The molecule has 11 heteroatoms. The van der Waals surface area contributed by atoms with Gasteiger partial charge in [0, 0.05) is 42.7 Å². The Labute approximate surface area is 240 Å². The maximum absolute atomic E-state index is 12.0. The summed E-state index contributed by atoms with van der Waals surface area (Å²) in [4.78, 5) is 51.0. The van der Waals surface area contributed by atoms with Crippen molar-refractivity contribution in [2.24, 2.45) is 11.7 Å². The molecule has 0 aliphatic carbocycles. The number of nitrogens with zero attached hydrogens (tertiary/aromatic N) is 2. The highest BCUT2D eigenvalue weighted by Gasteiger charge is 2.27. The average Bonchev–Trinajstić information content (AvgIpc) is 3.34. The van der Waals surface area contributed by atoms with E-state index in [0.717, 1.165) is 22.9 Å². The van der Waals surface area contributed by atoms with Gasteiger partial charge in [-0.3, -0.25) is 24.5 Å². The van der Waals surface area contributed by atoms with Gasteiger partial charge >= 0.3 is 5.97 Å². The first kappa shape index (κ1) is 33.0.